The number of nitrogens with one attached hydrogen (secondary N) is 1. The number of carbonyl (C=O) groups is 3. The number of amides is 2. The molecule has 2 fully saturated rings. The number of carbonyl (C=O) groups excluding carboxylic acids is 3. The molecule has 2 heterocycles. The largest absolute Gasteiger partial charge is 0.463 e. The maximum Gasteiger partial charge on any atom is 0.333 e. The van der Waals surface area contributed by atoms with E-state index in [0.717, 1.165) is 11.8 Å². The molecule has 8 nitrogen and oxygen atoms in total. The van der Waals surface area contributed by atoms with Crippen molar-refractivity contribution in [3.05, 3.63) is 11.1 Å². The number of rotatable bonds is 5. The number of ether oxygens (including phenoxy) is 1. The first-order chi connectivity index (χ1) is 10.8. The van der Waals surface area contributed by atoms with Crippen LogP contribution in [0.15, 0.2) is 11.1 Å². The standard InChI is InChI=1S/C13H18N2O6S2/c1-2-21-13(18)5-12-15(11(17)7-22-12)6-10(16)14-9-3-4-23(19,20)8-9/h5,9H,2-4,6-8H2,1H3,(H,14,16)/b12-5-. The van der Waals surface area contributed by atoms with E-state index in [9.17, 15) is 22.8 Å². The molecule has 0 radical (unpaired) electrons. The Kier molecular flexibility index (Phi) is 5.69. The summed E-state index contributed by atoms with van der Waals surface area (Å²) in [6, 6.07) is -0.421. The van der Waals surface area contributed by atoms with Gasteiger partial charge in [-0.25, -0.2) is 13.2 Å². The van der Waals surface area contributed by atoms with Crippen LogP contribution in [0.4, 0.5) is 0 Å². The van der Waals surface area contributed by atoms with E-state index in [1.807, 2.05) is 0 Å². The normalized spacial score (nSPS) is 24.9. The Bertz CT molecular complexity index is 643. The molecule has 0 saturated carbocycles. The molecule has 1 N–H and O–H groups in total. The molecule has 2 aliphatic heterocycles. The van der Waals surface area contributed by atoms with Crippen molar-refractivity contribution in [2.75, 3.05) is 30.4 Å². The lowest BCUT2D eigenvalue weighted by molar-refractivity contribution is -0.137. The highest BCUT2D eigenvalue weighted by Gasteiger charge is 2.32. The second kappa shape index (κ2) is 7.35. The van der Waals surface area contributed by atoms with Crippen molar-refractivity contribution < 1.29 is 27.5 Å². The number of nitrogens with zero attached hydrogens (tertiary/aromatic N) is 1. The Morgan fingerprint density at radius 2 is 2.22 bits per heavy atom. The summed E-state index contributed by atoms with van der Waals surface area (Å²) in [4.78, 5) is 36.5. The Morgan fingerprint density at radius 3 is 2.83 bits per heavy atom. The summed E-state index contributed by atoms with van der Waals surface area (Å²) in [6.07, 6.45) is 1.56. The van der Waals surface area contributed by atoms with Gasteiger partial charge in [0.05, 0.1) is 35.0 Å². The highest BCUT2D eigenvalue weighted by molar-refractivity contribution is 8.04. The number of hydrogen-bond acceptors (Lipinski definition) is 7. The number of sulfone groups is 1. The van der Waals surface area contributed by atoms with Crippen LogP contribution in [0.1, 0.15) is 13.3 Å². The molecule has 0 aromatic rings. The van der Waals surface area contributed by atoms with E-state index in [-0.39, 0.29) is 36.3 Å². The van der Waals surface area contributed by atoms with Crippen LogP contribution in [0.5, 0.6) is 0 Å². The zero-order chi connectivity index (χ0) is 17.0. The lowest BCUT2D eigenvalue weighted by Gasteiger charge is -2.18. The first-order valence-electron chi connectivity index (χ1n) is 7.12. The highest BCUT2D eigenvalue weighted by atomic mass is 32.2. The van der Waals surface area contributed by atoms with Crippen LogP contribution in [0.25, 0.3) is 0 Å². The number of thioether (sulfide) groups is 1. The topological polar surface area (TPSA) is 110 Å². The van der Waals surface area contributed by atoms with Gasteiger partial charge in [-0.05, 0) is 13.3 Å². The maximum atomic E-state index is 12.0. The monoisotopic (exact) mass is 362 g/mol. The van der Waals surface area contributed by atoms with Crippen LogP contribution < -0.4 is 5.32 Å². The Balaban J connectivity index is 1.95. The first kappa shape index (κ1) is 17.8. The molecule has 0 aromatic heterocycles. The first-order valence-corrected chi connectivity index (χ1v) is 9.93. The summed E-state index contributed by atoms with van der Waals surface area (Å²) < 4.78 is 27.5. The molecule has 2 amide bonds. The minimum atomic E-state index is -3.08. The van der Waals surface area contributed by atoms with Crippen molar-refractivity contribution in [1.82, 2.24) is 10.2 Å². The van der Waals surface area contributed by atoms with Gasteiger partial charge in [-0.1, -0.05) is 11.8 Å². The third-order valence-corrected chi connectivity index (χ3v) is 6.13. The molecule has 10 heteroatoms. The third kappa shape index (κ3) is 4.96. The van der Waals surface area contributed by atoms with Crippen molar-refractivity contribution in [3.8, 4) is 0 Å². The lowest BCUT2D eigenvalue weighted by atomic mass is 10.2. The third-order valence-electron chi connectivity index (χ3n) is 3.34. The molecule has 1 atom stereocenters. The van der Waals surface area contributed by atoms with Gasteiger partial charge in [-0.3, -0.25) is 14.5 Å². The SMILES string of the molecule is CCOC(=O)/C=C1\SCC(=O)N1CC(=O)NC1CCS(=O)(=O)C1. The fraction of sp³-hybridized carbons (Fsp3) is 0.615. The van der Waals surface area contributed by atoms with Crippen LogP contribution in [-0.2, 0) is 29.0 Å². The summed E-state index contributed by atoms with van der Waals surface area (Å²) in [6.45, 7) is 1.65. The second-order valence-electron chi connectivity index (χ2n) is 5.17. The minimum absolute atomic E-state index is 0.0600. The molecule has 23 heavy (non-hydrogen) atoms. The van der Waals surface area contributed by atoms with E-state index in [2.05, 4.69) is 5.32 Å². The molecule has 2 rings (SSSR count). The molecule has 0 aliphatic carbocycles. The van der Waals surface area contributed by atoms with E-state index in [1.165, 1.54) is 11.0 Å². The van der Waals surface area contributed by atoms with Gasteiger partial charge < -0.3 is 10.1 Å². The van der Waals surface area contributed by atoms with Gasteiger partial charge >= 0.3 is 5.97 Å². The van der Waals surface area contributed by atoms with E-state index in [1.54, 1.807) is 6.92 Å². The Morgan fingerprint density at radius 1 is 1.48 bits per heavy atom. The fourth-order valence-corrected chi connectivity index (χ4v) is 4.91. The van der Waals surface area contributed by atoms with Crippen molar-refractivity contribution >= 4 is 39.4 Å². The van der Waals surface area contributed by atoms with Crippen LogP contribution in [0.3, 0.4) is 0 Å². The average molecular weight is 362 g/mol. The van der Waals surface area contributed by atoms with E-state index in [0.29, 0.717) is 11.4 Å². The van der Waals surface area contributed by atoms with Gasteiger partial charge in [0, 0.05) is 6.04 Å². The number of esters is 1. The Labute approximate surface area is 138 Å². The summed E-state index contributed by atoms with van der Waals surface area (Å²) in [7, 11) is -3.08. The molecule has 0 spiro atoms. The van der Waals surface area contributed by atoms with E-state index in [4.69, 9.17) is 4.74 Å². The van der Waals surface area contributed by atoms with Crippen LogP contribution in [-0.4, -0.2) is 67.6 Å². The quantitative estimate of drug-likeness (QED) is 0.507. The summed E-state index contributed by atoms with van der Waals surface area (Å²) >= 11 is 1.16. The van der Waals surface area contributed by atoms with Crippen molar-refractivity contribution in [2.45, 2.75) is 19.4 Å². The average Bonchev–Trinajstić information content (AvgIpc) is 2.95. The molecule has 0 aromatic carbocycles. The van der Waals surface area contributed by atoms with Crippen LogP contribution >= 0.6 is 11.8 Å². The predicted octanol–water partition coefficient (Wildman–Crippen LogP) is -0.730. The lowest BCUT2D eigenvalue weighted by Crippen LogP contribution is -2.42. The zero-order valence-corrected chi connectivity index (χ0v) is 14.2. The van der Waals surface area contributed by atoms with Crippen molar-refractivity contribution in [1.29, 1.82) is 0 Å². The fourth-order valence-electron chi connectivity index (χ4n) is 2.31. The smallest absolute Gasteiger partial charge is 0.333 e. The molecule has 1 unspecified atom stereocenters. The molecule has 128 valence electrons. The summed E-state index contributed by atoms with van der Waals surface area (Å²) in [5.74, 6) is -1.16. The van der Waals surface area contributed by atoms with Crippen LogP contribution in [0, 0.1) is 0 Å². The Hall–Kier alpha value is -1.55. The van der Waals surface area contributed by atoms with Gasteiger partial charge in [0.25, 0.3) is 0 Å². The van der Waals surface area contributed by atoms with Gasteiger partial charge in [-0.2, -0.15) is 0 Å². The van der Waals surface area contributed by atoms with Gasteiger partial charge in [0.2, 0.25) is 11.8 Å². The molecule has 2 saturated heterocycles. The number of hydrogen-bond donors (Lipinski definition) is 1. The highest BCUT2D eigenvalue weighted by Crippen LogP contribution is 2.28. The molecular formula is C13H18N2O6S2. The zero-order valence-electron chi connectivity index (χ0n) is 12.6. The van der Waals surface area contributed by atoms with Crippen molar-refractivity contribution in [2.24, 2.45) is 0 Å². The van der Waals surface area contributed by atoms with Gasteiger partial charge in [0.15, 0.2) is 9.84 Å². The van der Waals surface area contributed by atoms with Crippen LogP contribution in [0.2, 0.25) is 0 Å². The molecule has 0 bridgehead atoms. The van der Waals surface area contributed by atoms with Gasteiger partial charge in [0.1, 0.15) is 6.54 Å². The van der Waals surface area contributed by atoms with Gasteiger partial charge in [-0.15, -0.1) is 0 Å². The van der Waals surface area contributed by atoms with Crippen molar-refractivity contribution in [3.63, 3.8) is 0 Å². The predicted molar refractivity (Wildman–Crippen MR) is 84.1 cm³/mol. The minimum Gasteiger partial charge on any atom is -0.463 e. The second-order valence-corrected chi connectivity index (χ2v) is 8.40. The maximum absolute atomic E-state index is 12.0. The van der Waals surface area contributed by atoms with E-state index < -0.39 is 27.8 Å². The summed E-state index contributed by atoms with van der Waals surface area (Å²) in [5, 5.41) is 2.98. The van der Waals surface area contributed by atoms with E-state index >= 15 is 0 Å². The summed E-state index contributed by atoms with van der Waals surface area (Å²) in [5.41, 5.74) is 0. The molecule has 2 aliphatic rings. The molecular weight excluding hydrogens is 344 g/mol.